The minimum absolute atomic E-state index is 0.0700. The maximum Gasteiger partial charge on any atom is 0.261 e. The number of rotatable bonds is 3. The molecule has 2 saturated heterocycles. The van der Waals surface area contributed by atoms with Gasteiger partial charge in [0.05, 0.1) is 34.2 Å². The summed E-state index contributed by atoms with van der Waals surface area (Å²) in [5, 5.41) is 1.32. The van der Waals surface area contributed by atoms with Gasteiger partial charge in [0.15, 0.2) is 0 Å². The summed E-state index contributed by atoms with van der Waals surface area (Å²) in [6, 6.07) is 3.29. The quantitative estimate of drug-likeness (QED) is 0.836. The lowest BCUT2D eigenvalue weighted by Gasteiger charge is -2.30. The Balaban J connectivity index is 1.65. The molecule has 1 aromatic heterocycles. The predicted molar refractivity (Wildman–Crippen MR) is 95.1 cm³/mol. The van der Waals surface area contributed by atoms with Crippen molar-refractivity contribution in [1.82, 2.24) is 14.5 Å². The van der Waals surface area contributed by atoms with Crippen LogP contribution < -0.4 is 5.56 Å². The molecule has 2 fully saturated rings. The van der Waals surface area contributed by atoms with E-state index in [0.717, 1.165) is 45.1 Å². The van der Waals surface area contributed by atoms with E-state index in [1.54, 1.807) is 23.7 Å². The highest BCUT2D eigenvalue weighted by Crippen LogP contribution is 2.29. The van der Waals surface area contributed by atoms with Crippen LogP contribution in [-0.4, -0.2) is 47.3 Å². The number of likely N-dealkylation sites (tertiary alicyclic amines) is 1. The second-order valence-electron chi connectivity index (χ2n) is 6.77. The molecule has 0 spiro atoms. The molecule has 0 aliphatic carbocycles. The maximum absolute atomic E-state index is 12.7. The summed E-state index contributed by atoms with van der Waals surface area (Å²) < 4.78 is 6.91. The molecule has 0 N–H and O–H groups in total. The third-order valence-corrected chi connectivity index (χ3v) is 5.74. The Bertz CT molecular complexity index is 848. The van der Waals surface area contributed by atoms with Crippen molar-refractivity contribution < 1.29 is 4.74 Å². The summed E-state index contributed by atoms with van der Waals surface area (Å²) in [6.07, 6.45) is 1.01. The van der Waals surface area contributed by atoms with Gasteiger partial charge in [-0.2, -0.15) is 0 Å². The van der Waals surface area contributed by atoms with Crippen LogP contribution in [0.2, 0.25) is 10.0 Å². The van der Waals surface area contributed by atoms with Crippen LogP contribution in [-0.2, 0) is 11.8 Å². The van der Waals surface area contributed by atoms with Crippen molar-refractivity contribution in [2.45, 2.75) is 12.3 Å². The summed E-state index contributed by atoms with van der Waals surface area (Å²) in [5.74, 6) is 1.75. The van der Waals surface area contributed by atoms with E-state index in [1.165, 1.54) is 0 Å². The Hall–Kier alpha value is -1.14. The second-order valence-corrected chi connectivity index (χ2v) is 7.58. The van der Waals surface area contributed by atoms with E-state index >= 15 is 0 Å². The highest BCUT2D eigenvalue weighted by molar-refractivity contribution is 6.42. The molecule has 2 aliphatic rings. The molecule has 7 heteroatoms. The highest BCUT2D eigenvalue weighted by Gasteiger charge is 2.30. The molecular weight excluding hydrogens is 349 g/mol. The molecule has 1 aromatic carbocycles. The summed E-state index contributed by atoms with van der Waals surface area (Å²) in [4.78, 5) is 19.9. The van der Waals surface area contributed by atoms with Gasteiger partial charge in [0.25, 0.3) is 5.56 Å². The van der Waals surface area contributed by atoms with Gasteiger partial charge in [0.2, 0.25) is 0 Å². The molecular formula is C17H19Cl2N3O2. The lowest BCUT2D eigenvalue weighted by atomic mass is 10.1. The molecule has 0 radical (unpaired) electrons. The summed E-state index contributed by atoms with van der Waals surface area (Å²) in [5.41, 5.74) is 0.549. The van der Waals surface area contributed by atoms with Crippen molar-refractivity contribution in [1.29, 1.82) is 0 Å². The Labute approximate surface area is 150 Å². The number of hydrogen-bond acceptors (Lipinski definition) is 4. The largest absolute Gasteiger partial charge is 0.381 e. The zero-order chi connectivity index (χ0) is 16.8. The van der Waals surface area contributed by atoms with Crippen LogP contribution in [0.15, 0.2) is 16.9 Å². The van der Waals surface area contributed by atoms with Crippen molar-refractivity contribution in [3.05, 3.63) is 38.4 Å². The van der Waals surface area contributed by atoms with Crippen LogP contribution in [0.5, 0.6) is 0 Å². The fraction of sp³-hybridized carbons (Fsp3) is 0.529. The molecule has 2 aromatic rings. The van der Waals surface area contributed by atoms with Gasteiger partial charge >= 0.3 is 0 Å². The van der Waals surface area contributed by atoms with Gasteiger partial charge in [-0.05, 0) is 25.1 Å². The molecule has 5 nitrogen and oxygen atoms in total. The van der Waals surface area contributed by atoms with Crippen molar-refractivity contribution in [2.24, 2.45) is 13.0 Å². The van der Waals surface area contributed by atoms with Gasteiger partial charge in [0, 0.05) is 32.0 Å². The number of nitrogens with zero attached hydrogens (tertiary/aromatic N) is 3. The fourth-order valence-corrected chi connectivity index (χ4v) is 3.93. The monoisotopic (exact) mass is 367 g/mol. The Morgan fingerprint density at radius 3 is 2.75 bits per heavy atom. The van der Waals surface area contributed by atoms with E-state index in [1.807, 2.05) is 0 Å². The topological polar surface area (TPSA) is 47.4 Å². The van der Waals surface area contributed by atoms with E-state index in [9.17, 15) is 4.79 Å². The molecule has 2 aliphatic heterocycles. The van der Waals surface area contributed by atoms with Crippen LogP contribution in [0.3, 0.4) is 0 Å². The number of aromatic nitrogens is 2. The molecule has 0 amide bonds. The van der Waals surface area contributed by atoms with Crippen molar-refractivity contribution in [2.75, 3.05) is 32.8 Å². The fourth-order valence-electron chi connectivity index (χ4n) is 3.61. The van der Waals surface area contributed by atoms with Gasteiger partial charge in [-0.15, -0.1) is 0 Å². The third-order valence-electron chi connectivity index (χ3n) is 5.01. The lowest BCUT2D eigenvalue weighted by molar-refractivity contribution is -0.0441. The molecule has 3 heterocycles. The summed E-state index contributed by atoms with van der Waals surface area (Å²) in [6.45, 7) is 4.78. The van der Waals surface area contributed by atoms with Crippen molar-refractivity contribution in [3.8, 4) is 0 Å². The molecule has 0 bridgehead atoms. The molecule has 128 valence electrons. The van der Waals surface area contributed by atoms with E-state index in [4.69, 9.17) is 32.9 Å². The number of fused-ring (bicyclic) bond motifs is 1. The Morgan fingerprint density at radius 2 is 2.04 bits per heavy atom. The first-order valence-electron chi connectivity index (χ1n) is 8.18. The summed E-state index contributed by atoms with van der Waals surface area (Å²) >= 11 is 12.1. The number of benzene rings is 1. The zero-order valence-corrected chi connectivity index (χ0v) is 15.0. The van der Waals surface area contributed by atoms with Gasteiger partial charge in [-0.1, -0.05) is 23.2 Å². The maximum atomic E-state index is 12.7. The highest BCUT2D eigenvalue weighted by atomic mass is 35.5. The van der Waals surface area contributed by atoms with Crippen LogP contribution >= 0.6 is 23.2 Å². The Morgan fingerprint density at radius 1 is 1.29 bits per heavy atom. The van der Waals surface area contributed by atoms with E-state index < -0.39 is 0 Å². The van der Waals surface area contributed by atoms with Crippen molar-refractivity contribution >= 4 is 34.1 Å². The first-order chi connectivity index (χ1) is 11.5. The third kappa shape index (κ3) is 2.84. The van der Waals surface area contributed by atoms with E-state index in [0.29, 0.717) is 26.9 Å². The second kappa shape index (κ2) is 6.30. The smallest absolute Gasteiger partial charge is 0.261 e. The van der Waals surface area contributed by atoms with Crippen molar-refractivity contribution in [3.63, 3.8) is 0 Å². The minimum atomic E-state index is -0.0700. The van der Waals surface area contributed by atoms with Gasteiger partial charge < -0.3 is 9.64 Å². The van der Waals surface area contributed by atoms with Crippen LogP contribution in [0.25, 0.3) is 10.9 Å². The van der Waals surface area contributed by atoms with E-state index in [-0.39, 0.29) is 11.5 Å². The predicted octanol–water partition coefficient (Wildman–Crippen LogP) is 2.68. The normalized spacial score (nSPS) is 22.2. The van der Waals surface area contributed by atoms with Gasteiger partial charge in [-0.3, -0.25) is 9.36 Å². The average molecular weight is 368 g/mol. The molecule has 0 unspecified atom stereocenters. The average Bonchev–Trinajstić information content (AvgIpc) is 2.97. The first kappa shape index (κ1) is 16.3. The number of ether oxygens (including phenoxy) is 1. The lowest BCUT2D eigenvalue weighted by Crippen LogP contribution is -2.38. The van der Waals surface area contributed by atoms with Crippen LogP contribution in [0, 0.1) is 5.92 Å². The van der Waals surface area contributed by atoms with Gasteiger partial charge in [-0.25, -0.2) is 4.98 Å². The Kier molecular flexibility index (Phi) is 4.29. The molecule has 24 heavy (non-hydrogen) atoms. The van der Waals surface area contributed by atoms with Gasteiger partial charge in [0.1, 0.15) is 5.82 Å². The number of halogens is 2. The van der Waals surface area contributed by atoms with E-state index in [2.05, 4.69) is 4.90 Å². The molecule has 0 saturated carbocycles. The summed E-state index contributed by atoms with van der Waals surface area (Å²) in [7, 11) is 1.79. The number of hydrogen-bond donors (Lipinski definition) is 0. The molecule has 1 atom stereocenters. The van der Waals surface area contributed by atoms with Crippen LogP contribution in [0.1, 0.15) is 18.2 Å². The minimum Gasteiger partial charge on any atom is -0.381 e. The SMILES string of the molecule is Cn1c([C@@H]2CCN(CC3COC3)C2)nc2cc(Cl)c(Cl)cc2c1=O. The first-order valence-corrected chi connectivity index (χ1v) is 8.94. The van der Waals surface area contributed by atoms with Crippen LogP contribution in [0.4, 0.5) is 0 Å². The molecule has 4 rings (SSSR count). The zero-order valence-electron chi connectivity index (χ0n) is 13.5. The standard InChI is InChI=1S/C17H19Cl2N3O2/c1-21-16(11-2-3-22(7-11)6-10-8-24-9-10)20-15-5-14(19)13(18)4-12(15)17(21)23/h4-5,10-11H,2-3,6-9H2,1H3/t11-/m1/s1.